The van der Waals surface area contributed by atoms with Gasteiger partial charge in [-0.15, -0.1) is 0 Å². The van der Waals surface area contributed by atoms with E-state index in [2.05, 4.69) is 0 Å². The Hall–Kier alpha value is -1.16. The van der Waals surface area contributed by atoms with Gasteiger partial charge < -0.3 is 5.11 Å². The summed E-state index contributed by atoms with van der Waals surface area (Å²) in [4.78, 5) is 21.9. The molecule has 1 amide bonds. The lowest BCUT2D eigenvalue weighted by Crippen LogP contribution is -2.51. The molecule has 0 saturated heterocycles. The van der Waals surface area contributed by atoms with Gasteiger partial charge in [-0.3, -0.25) is 4.48 Å². The number of carbonyl (C=O) groups is 2. The van der Waals surface area contributed by atoms with Gasteiger partial charge in [0.2, 0.25) is 0 Å². The minimum atomic E-state index is -1.08. The largest absolute Gasteiger partial charge is 0.478 e. The van der Waals surface area contributed by atoms with Crippen molar-refractivity contribution in [1.29, 1.82) is 0 Å². The maximum atomic E-state index is 11.7. The minimum absolute atomic E-state index is 0.139. The third kappa shape index (κ3) is 2.96. The van der Waals surface area contributed by atoms with E-state index in [1.165, 1.54) is 0 Å². The predicted octanol–water partition coefficient (Wildman–Crippen LogP) is 1.03. The maximum Gasteiger partial charge on any atom is 0.338 e. The van der Waals surface area contributed by atoms with Crippen molar-refractivity contribution < 1.29 is 19.2 Å². The summed E-state index contributed by atoms with van der Waals surface area (Å²) in [6.45, 7) is 7.86. The molecule has 0 aromatic heterocycles. The zero-order valence-electron chi connectivity index (χ0n) is 8.99. The van der Waals surface area contributed by atoms with Crippen LogP contribution in [0.2, 0.25) is 0 Å². The first kappa shape index (κ1) is 12.8. The molecule has 0 fully saturated rings. The normalized spacial score (nSPS) is 11.9. The Bertz CT molecular complexity index is 233. The number of carboxylic acid groups (broad SMARTS) is 1. The van der Waals surface area contributed by atoms with E-state index in [1.807, 2.05) is 20.8 Å². The van der Waals surface area contributed by atoms with Gasteiger partial charge in [-0.05, 0) is 20.8 Å². The second kappa shape index (κ2) is 5.54. The number of carbonyl (C=O) groups excluding carboxylic acids is 1. The van der Waals surface area contributed by atoms with Crippen LogP contribution < -0.4 is 0 Å². The molecule has 0 bridgehead atoms. The highest BCUT2D eigenvalue weighted by atomic mass is 16.4. The molecular weight excluding hydrogens is 182 g/mol. The summed E-state index contributed by atoms with van der Waals surface area (Å²) in [5, 5.41) is 8.40. The standard InChI is InChI=1S/C10H17NO3/c1-4-11(5-2,6-3)9(12)7-8-10(13)14/h7-8H,4-6H2,1-3H3/p+1/b8-7-. The molecule has 0 aliphatic heterocycles. The van der Waals surface area contributed by atoms with Crippen LogP contribution in [-0.2, 0) is 9.59 Å². The van der Waals surface area contributed by atoms with Gasteiger partial charge in [0.1, 0.15) is 0 Å². The SMILES string of the molecule is CC[N+](CC)(CC)C(=O)/C=C\C(=O)O. The van der Waals surface area contributed by atoms with E-state index in [9.17, 15) is 9.59 Å². The van der Waals surface area contributed by atoms with Crippen molar-refractivity contribution >= 4 is 11.9 Å². The van der Waals surface area contributed by atoms with Crippen molar-refractivity contribution in [2.24, 2.45) is 0 Å². The highest BCUT2D eigenvalue weighted by Gasteiger charge is 2.28. The van der Waals surface area contributed by atoms with Crippen LogP contribution >= 0.6 is 0 Å². The quantitative estimate of drug-likeness (QED) is 0.532. The first-order valence-electron chi connectivity index (χ1n) is 4.84. The fourth-order valence-electron chi connectivity index (χ4n) is 1.44. The smallest absolute Gasteiger partial charge is 0.338 e. The van der Waals surface area contributed by atoms with Crippen LogP contribution in [0.5, 0.6) is 0 Å². The first-order chi connectivity index (χ1) is 6.52. The van der Waals surface area contributed by atoms with Crippen LogP contribution in [0.25, 0.3) is 0 Å². The fraction of sp³-hybridized carbons (Fsp3) is 0.600. The van der Waals surface area contributed by atoms with E-state index in [1.54, 1.807) is 0 Å². The van der Waals surface area contributed by atoms with Crippen LogP contribution in [0, 0.1) is 0 Å². The topological polar surface area (TPSA) is 54.4 Å². The third-order valence-corrected chi connectivity index (χ3v) is 2.65. The Morgan fingerprint density at radius 3 is 1.79 bits per heavy atom. The molecule has 4 nitrogen and oxygen atoms in total. The number of likely N-dealkylation sites (N-methyl/N-ethyl adjacent to an activating group) is 1. The van der Waals surface area contributed by atoms with Crippen molar-refractivity contribution in [1.82, 2.24) is 0 Å². The second-order valence-electron chi connectivity index (χ2n) is 3.10. The Labute approximate surface area is 84.4 Å². The predicted molar refractivity (Wildman–Crippen MR) is 53.7 cm³/mol. The van der Waals surface area contributed by atoms with E-state index in [0.717, 1.165) is 12.2 Å². The molecule has 0 atom stereocenters. The average Bonchev–Trinajstić information content (AvgIpc) is 2.18. The van der Waals surface area contributed by atoms with Crippen molar-refractivity contribution in [3.63, 3.8) is 0 Å². The van der Waals surface area contributed by atoms with Crippen LogP contribution in [0.15, 0.2) is 12.2 Å². The number of aliphatic carboxylic acids is 1. The number of hydrogen-bond donors (Lipinski definition) is 1. The Morgan fingerprint density at radius 1 is 1.07 bits per heavy atom. The molecule has 0 spiro atoms. The molecule has 80 valence electrons. The number of amides is 1. The van der Waals surface area contributed by atoms with E-state index < -0.39 is 5.97 Å². The molecule has 0 rings (SSSR count). The summed E-state index contributed by atoms with van der Waals surface area (Å²) in [5.74, 6) is -1.22. The molecule has 0 aliphatic rings. The van der Waals surface area contributed by atoms with Crippen LogP contribution in [0.3, 0.4) is 0 Å². The van der Waals surface area contributed by atoms with Gasteiger partial charge in [0.15, 0.2) is 0 Å². The Kier molecular flexibility index (Phi) is 5.09. The zero-order chi connectivity index (χ0) is 11.2. The number of carboxylic acids is 1. The zero-order valence-corrected chi connectivity index (χ0v) is 8.99. The van der Waals surface area contributed by atoms with Gasteiger partial charge in [0.05, 0.1) is 19.6 Å². The summed E-state index contributed by atoms with van der Waals surface area (Å²) < 4.78 is 0.309. The van der Waals surface area contributed by atoms with Gasteiger partial charge in [0.25, 0.3) is 0 Å². The molecule has 0 aliphatic carbocycles. The van der Waals surface area contributed by atoms with E-state index in [-0.39, 0.29) is 5.91 Å². The number of nitrogens with zero attached hydrogens (tertiary/aromatic N) is 1. The maximum absolute atomic E-state index is 11.7. The average molecular weight is 200 g/mol. The molecule has 0 heterocycles. The van der Waals surface area contributed by atoms with Crippen molar-refractivity contribution in [2.45, 2.75) is 20.8 Å². The molecule has 0 radical (unpaired) electrons. The molecule has 0 unspecified atom stereocenters. The monoisotopic (exact) mass is 200 g/mol. The van der Waals surface area contributed by atoms with Gasteiger partial charge in [-0.2, -0.15) is 0 Å². The highest BCUT2D eigenvalue weighted by molar-refractivity contribution is 5.90. The lowest BCUT2D eigenvalue weighted by Gasteiger charge is -2.31. The van der Waals surface area contributed by atoms with Gasteiger partial charge >= 0.3 is 11.9 Å². The molecule has 14 heavy (non-hydrogen) atoms. The van der Waals surface area contributed by atoms with Gasteiger partial charge in [-0.25, -0.2) is 9.59 Å². The van der Waals surface area contributed by atoms with Crippen molar-refractivity contribution in [3.05, 3.63) is 12.2 Å². The first-order valence-corrected chi connectivity index (χ1v) is 4.84. The van der Waals surface area contributed by atoms with Crippen LogP contribution in [-0.4, -0.2) is 41.1 Å². The van der Waals surface area contributed by atoms with E-state index in [4.69, 9.17) is 5.11 Å². The molecule has 0 saturated carbocycles. The molecule has 1 N–H and O–H groups in total. The summed E-state index contributed by atoms with van der Waals surface area (Å²) in [5.41, 5.74) is 0. The third-order valence-electron chi connectivity index (χ3n) is 2.65. The fourth-order valence-corrected chi connectivity index (χ4v) is 1.44. The van der Waals surface area contributed by atoms with Crippen LogP contribution in [0.1, 0.15) is 20.8 Å². The summed E-state index contributed by atoms with van der Waals surface area (Å²) in [6, 6.07) is 0. The molecule has 0 aromatic carbocycles. The Balaban J connectivity index is 4.68. The highest BCUT2D eigenvalue weighted by Crippen LogP contribution is 2.07. The van der Waals surface area contributed by atoms with Crippen LogP contribution in [0.4, 0.5) is 0 Å². The number of rotatable bonds is 5. The summed E-state index contributed by atoms with van der Waals surface area (Å²) in [6.07, 6.45) is 2.05. The minimum Gasteiger partial charge on any atom is -0.478 e. The van der Waals surface area contributed by atoms with Gasteiger partial charge in [-0.1, -0.05) is 0 Å². The molecule has 4 heteroatoms. The van der Waals surface area contributed by atoms with Gasteiger partial charge in [0, 0.05) is 12.2 Å². The summed E-state index contributed by atoms with van der Waals surface area (Å²) in [7, 11) is 0. The molecular formula is C10H18NO3+. The van der Waals surface area contributed by atoms with E-state index in [0.29, 0.717) is 24.1 Å². The van der Waals surface area contributed by atoms with Crippen molar-refractivity contribution in [3.8, 4) is 0 Å². The summed E-state index contributed by atoms with van der Waals surface area (Å²) >= 11 is 0. The lowest BCUT2D eigenvalue weighted by molar-refractivity contribution is -0.846. The lowest BCUT2D eigenvalue weighted by atomic mass is 10.3. The van der Waals surface area contributed by atoms with Crippen molar-refractivity contribution in [2.75, 3.05) is 19.6 Å². The molecule has 0 aromatic rings. The number of quaternary nitrogens is 1. The Morgan fingerprint density at radius 2 is 1.50 bits per heavy atom. The number of hydrogen-bond acceptors (Lipinski definition) is 2. The second-order valence-corrected chi connectivity index (χ2v) is 3.10. The van der Waals surface area contributed by atoms with E-state index >= 15 is 0 Å².